The Morgan fingerprint density at radius 3 is 0.817 bits per heavy atom. The van der Waals surface area contributed by atoms with Crippen molar-refractivity contribution in [3.8, 4) is 0 Å². The zero-order valence-corrected chi connectivity index (χ0v) is 57.4. The molecule has 3 atom stereocenters. The SMILES string of the molecule is CCCCCCCCCCCCCCCCCCCCCCCCCCCCCCCCC(=O)NC(COP(=O)(O)OCC[N+](C)(C)C)C(O)CCCCCCCCCCCCCCCCCCCCCCCCCCCCCCCC. The van der Waals surface area contributed by atoms with Crippen molar-refractivity contribution < 1.29 is 32.9 Å². The average molecular weight is 1180 g/mol. The number of hydrogen-bond acceptors (Lipinski definition) is 5. The van der Waals surface area contributed by atoms with Gasteiger partial charge in [0.15, 0.2) is 0 Å². The average Bonchev–Trinajstić information content (AvgIpc) is 3.47. The summed E-state index contributed by atoms with van der Waals surface area (Å²) in [6, 6.07) is -0.757. The van der Waals surface area contributed by atoms with Crippen LogP contribution in [0.15, 0.2) is 0 Å². The number of hydrogen-bond donors (Lipinski definition) is 3. The fourth-order valence-corrected chi connectivity index (χ4v) is 12.8. The number of aliphatic hydroxyl groups excluding tert-OH is 1. The van der Waals surface area contributed by atoms with Crippen molar-refractivity contribution in [2.45, 2.75) is 424 Å². The number of unbranched alkanes of at least 4 members (excludes halogenated alkanes) is 58. The Kier molecular flexibility index (Phi) is 64.6. The molecule has 0 bridgehead atoms. The fraction of sp³-hybridized carbons (Fsp3) is 0.986. The first-order chi connectivity index (χ1) is 40.0. The standard InChI is InChI=1S/C73H149N2O6P/c1-6-8-10-12-14-16-18-20-22-24-26-28-30-32-34-36-38-40-42-44-46-48-50-52-54-56-58-60-62-64-66-72(76)71(70-81-82(78,79)80-69-68-75(3,4)5)74-73(77)67-65-63-61-59-57-55-53-51-49-47-45-43-41-39-37-35-33-31-29-27-25-23-21-19-17-15-13-11-9-7-2/h71-72,76H,6-70H2,1-5H3,(H-,74,77,78,79)/p+1. The van der Waals surface area contributed by atoms with Gasteiger partial charge in [0.1, 0.15) is 13.2 Å². The third kappa shape index (κ3) is 67.0. The monoisotopic (exact) mass is 1180 g/mol. The molecule has 0 aromatic carbocycles. The minimum Gasteiger partial charge on any atom is -0.391 e. The fourth-order valence-electron chi connectivity index (χ4n) is 12.1. The van der Waals surface area contributed by atoms with Gasteiger partial charge >= 0.3 is 7.82 Å². The van der Waals surface area contributed by atoms with Gasteiger partial charge in [0.2, 0.25) is 5.91 Å². The Hall–Kier alpha value is -0.500. The Morgan fingerprint density at radius 1 is 0.366 bits per heavy atom. The van der Waals surface area contributed by atoms with Gasteiger partial charge < -0.3 is 19.8 Å². The van der Waals surface area contributed by atoms with E-state index >= 15 is 0 Å². The van der Waals surface area contributed by atoms with Crippen LogP contribution in [0.1, 0.15) is 412 Å². The van der Waals surface area contributed by atoms with Crippen LogP contribution in [0.2, 0.25) is 0 Å². The number of carbonyl (C=O) groups excluding carboxylic acids is 1. The maximum Gasteiger partial charge on any atom is 0.472 e. The summed E-state index contributed by atoms with van der Waals surface area (Å²) in [7, 11) is 1.64. The second-order valence-electron chi connectivity index (χ2n) is 27.4. The van der Waals surface area contributed by atoms with Crippen molar-refractivity contribution in [3.63, 3.8) is 0 Å². The maximum atomic E-state index is 13.1. The number of phosphoric ester groups is 1. The third-order valence-electron chi connectivity index (χ3n) is 17.9. The van der Waals surface area contributed by atoms with Gasteiger partial charge in [0.05, 0.1) is 39.9 Å². The van der Waals surface area contributed by atoms with Gasteiger partial charge in [-0.3, -0.25) is 13.8 Å². The molecule has 0 aliphatic rings. The highest BCUT2D eigenvalue weighted by Gasteiger charge is 2.28. The van der Waals surface area contributed by atoms with Crippen LogP contribution in [0.5, 0.6) is 0 Å². The first-order valence-electron chi connectivity index (χ1n) is 37.4. The summed E-state index contributed by atoms with van der Waals surface area (Å²) in [5.41, 5.74) is 0. The van der Waals surface area contributed by atoms with E-state index in [0.29, 0.717) is 23.9 Å². The second kappa shape index (κ2) is 65.0. The number of amides is 1. The molecule has 0 aromatic heterocycles. The minimum absolute atomic E-state index is 0.0796. The van der Waals surface area contributed by atoms with Crippen molar-refractivity contribution >= 4 is 13.7 Å². The summed E-state index contributed by atoms with van der Waals surface area (Å²) in [6.45, 7) is 4.97. The normalized spacial score (nSPS) is 13.5. The van der Waals surface area contributed by atoms with Gasteiger partial charge in [0, 0.05) is 6.42 Å². The molecule has 8 nitrogen and oxygen atoms in total. The van der Waals surface area contributed by atoms with Gasteiger partial charge in [-0.15, -0.1) is 0 Å². The minimum atomic E-state index is -4.33. The smallest absolute Gasteiger partial charge is 0.391 e. The largest absolute Gasteiger partial charge is 0.472 e. The topological polar surface area (TPSA) is 105 Å². The Balaban J connectivity index is 3.94. The Labute approximate surface area is 514 Å². The van der Waals surface area contributed by atoms with Gasteiger partial charge in [0.25, 0.3) is 0 Å². The molecule has 0 aliphatic heterocycles. The molecule has 1 amide bonds. The first-order valence-corrected chi connectivity index (χ1v) is 38.9. The molecule has 82 heavy (non-hydrogen) atoms. The zero-order chi connectivity index (χ0) is 59.8. The quantitative estimate of drug-likeness (QED) is 0.0318. The van der Waals surface area contributed by atoms with Crippen molar-refractivity contribution in [1.82, 2.24) is 5.32 Å². The molecule has 492 valence electrons. The van der Waals surface area contributed by atoms with Crippen LogP contribution in [-0.4, -0.2) is 73.4 Å². The molecule has 0 rings (SSSR count). The third-order valence-corrected chi connectivity index (χ3v) is 18.8. The zero-order valence-electron chi connectivity index (χ0n) is 56.5. The summed E-state index contributed by atoms with van der Waals surface area (Å²) < 4.78 is 23.9. The van der Waals surface area contributed by atoms with Crippen LogP contribution in [0.4, 0.5) is 0 Å². The highest BCUT2D eigenvalue weighted by Crippen LogP contribution is 2.43. The predicted octanol–water partition coefficient (Wildman–Crippen LogP) is 23.9. The molecule has 0 aliphatic carbocycles. The van der Waals surface area contributed by atoms with Crippen molar-refractivity contribution in [3.05, 3.63) is 0 Å². The molecule has 0 spiro atoms. The predicted molar refractivity (Wildman–Crippen MR) is 360 cm³/mol. The van der Waals surface area contributed by atoms with E-state index in [4.69, 9.17) is 9.05 Å². The lowest BCUT2D eigenvalue weighted by Crippen LogP contribution is -2.46. The van der Waals surface area contributed by atoms with Gasteiger partial charge in [-0.25, -0.2) is 4.57 Å². The second-order valence-corrected chi connectivity index (χ2v) is 28.9. The lowest BCUT2D eigenvalue weighted by Gasteiger charge is -2.26. The van der Waals surface area contributed by atoms with Crippen LogP contribution >= 0.6 is 7.82 Å². The van der Waals surface area contributed by atoms with Crippen LogP contribution in [-0.2, 0) is 18.4 Å². The van der Waals surface area contributed by atoms with Gasteiger partial charge in [-0.1, -0.05) is 393 Å². The lowest BCUT2D eigenvalue weighted by atomic mass is 10.0. The number of likely N-dealkylation sites (N-methyl/N-ethyl adjacent to an activating group) is 1. The first kappa shape index (κ1) is 81.5. The number of nitrogens with one attached hydrogen (secondary N) is 1. The van der Waals surface area contributed by atoms with Crippen LogP contribution in [0, 0.1) is 0 Å². The molecule has 9 heteroatoms. The summed E-state index contributed by atoms with van der Waals surface area (Å²) in [5.74, 6) is -0.132. The maximum absolute atomic E-state index is 13.1. The van der Waals surface area contributed by atoms with E-state index < -0.39 is 20.0 Å². The van der Waals surface area contributed by atoms with E-state index in [0.717, 1.165) is 38.5 Å². The highest BCUT2D eigenvalue weighted by molar-refractivity contribution is 7.47. The number of carbonyl (C=O) groups is 1. The number of quaternary nitrogens is 1. The molecule has 0 fully saturated rings. The molecule has 0 saturated carbocycles. The van der Waals surface area contributed by atoms with Gasteiger partial charge in [-0.2, -0.15) is 0 Å². The van der Waals surface area contributed by atoms with E-state index in [1.807, 2.05) is 21.1 Å². The molecule has 0 radical (unpaired) electrons. The summed E-state index contributed by atoms with van der Waals surface area (Å²) in [6.07, 6.45) is 82.3. The lowest BCUT2D eigenvalue weighted by molar-refractivity contribution is -0.870. The summed E-state index contributed by atoms with van der Waals surface area (Å²) in [5, 5.41) is 14.2. The molecule has 0 heterocycles. The molecular formula is C73H150N2O6P+. The van der Waals surface area contributed by atoms with Crippen LogP contribution in [0.3, 0.4) is 0 Å². The molecule has 3 unspecified atom stereocenters. The molecule has 0 aromatic rings. The van der Waals surface area contributed by atoms with Crippen LogP contribution in [0.25, 0.3) is 0 Å². The summed E-state index contributed by atoms with van der Waals surface area (Å²) >= 11 is 0. The van der Waals surface area contributed by atoms with Crippen LogP contribution < -0.4 is 5.32 Å². The van der Waals surface area contributed by atoms with E-state index in [9.17, 15) is 19.4 Å². The summed E-state index contributed by atoms with van der Waals surface area (Å²) in [4.78, 5) is 23.5. The van der Waals surface area contributed by atoms with E-state index in [1.54, 1.807) is 0 Å². The van der Waals surface area contributed by atoms with Crippen molar-refractivity contribution in [2.24, 2.45) is 0 Å². The van der Waals surface area contributed by atoms with Crippen molar-refractivity contribution in [1.29, 1.82) is 0 Å². The van der Waals surface area contributed by atoms with Crippen molar-refractivity contribution in [2.75, 3.05) is 40.9 Å². The molecular weight excluding hydrogens is 1030 g/mol. The van der Waals surface area contributed by atoms with E-state index in [2.05, 4.69) is 19.2 Å². The molecule has 3 N–H and O–H groups in total. The highest BCUT2D eigenvalue weighted by atomic mass is 31.2. The number of phosphoric acid groups is 1. The molecule has 0 saturated heterocycles. The van der Waals surface area contributed by atoms with Gasteiger partial charge in [-0.05, 0) is 12.8 Å². The Morgan fingerprint density at radius 2 is 0.585 bits per heavy atom. The van der Waals surface area contributed by atoms with E-state index in [-0.39, 0.29) is 19.1 Å². The number of nitrogens with zero attached hydrogens (tertiary/aromatic N) is 1. The Bertz CT molecular complexity index is 1300. The van der Waals surface area contributed by atoms with E-state index in [1.165, 1.54) is 347 Å². The number of rotatable bonds is 71. The number of aliphatic hydroxyl groups is 1.